The molecule has 1 saturated carbocycles. The molecule has 0 amide bonds. The van der Waals surface area contributed by atoms with Crippen molar-refractivity contribution in [1.82, 2.24) is 4.98 Å². The second-order valence-corrected chi connectivity index (χ2v) is 4.32. The van der Waals surface area contributed by atoms with E-state index in [1.54, 1.807) is 12.4 Å². The Morgan fingerprint density at radius 1 is 1.47 bits per heavy atom. The van der Waals surface area contributed by atoms with Crippen LogP contribution in [0.15, 0.2) is 24.5 Å². The SMILES string of the molecule is NC1(C(=O)Cc2cccnc2)CCCC1. The fourth-order valence-electron chi connectivity index (χ4n) is 2.15. The summed E-state index contributed by atoms with van der Waals surface area (Å²) >= 11 is 0. The van der Waals surface area contributed by atoms with Gasteiger partial charge < -0.3 is 5.73 Å². The van der Waals surface area contributed by atoms with E-state index in [2.05, 4.69) is 4.98 Å². The maximum Gasteiger partial charge on any atom is 0.157 e. The Labute approximate surface area is 89.7 Å². The first-order valence-electron chi connectivity index (χ1n) is 5.42. The lowest BCUT2D eigenvalue weighted by atomic mass is 9.90. The number of carbonyl (C=O) groups is 1. The van der Waals surface area contributed by atoms with Gasteiger partial charge in [0, 0.05) is 18.8 Å². The van der Waals surface area contributed by atoms with E-state index in [9.17, 15) is 4.79 Å². The van der Waals surface area contributed by atoms with Gasteiger partial charge in [-0.15, -0.1) is 0 Å². The molecule has 0 saturated heterocycles. The van der Waals surface area contributed by atoms with Crippen LogP contribution >= 0.6 is 0 Å². The molecule has 0 aromatic carbocycles. The molecule has 1 aromatic rings. The Hall–Kier alpha value is -1.22. The molecule has 0 aliphatic heterocycles. The predicted octanol–water partition coefficient (Wildman–Crippen LogP) is 1.46. The highest BCUT2D eigenvalue weighted by Crippen LogP contribution is 2.28. The summed E-state index contributed by atoms with van der Waals surface area (Å²) in [6, 6.07) is 3.77. The smallest absolute Gasteiger partial charge is 0.157 e. The molecule has 0 bridgehead atoms. The summed E-state index contributed by atoms with van der Waals surface area (Å²) in [7, 11) is 0. The lowest BCUT2D eigenvalue weighted by Gasteiger charge is -2.21. The number of hydrogen-bond donors (Lipinski definition) is 1. The molecular weight excluding hydrogens is 188 g/mol. The molecule has 3 heteroatoms. The lowest BCUT2D eigenvalue weighted by molar-refractivity contribution is -0.123. The molecule has 0 spiro atoms. The first kappa shape index (κ1) is 10.3. The maximum absolute atomic E-state index is 12.0. The largest absolute Gasteiger partial charge is 0.319 e. The van der Waals surface area contributed by atoms with Gasteiger partial charge in [-0.1, -0.05) is 18.9 Å². The van der Waals surface area contributed by atoms with Gasteiger partial charge in [0.1, 0.15) is 0 Å². The first-order valence-corrected chi connectivity index (χ1v) is 5.42. The average Bonchev–Trinajstić information content (AvgIpc) is 2.68. The third kappa shape index (κ3) is 2.23. The second kappa shape index (κ2) is 4.11. The topological polar surface area (TPSA) is 56.0 Å². The Balaban J connectivity index is 2.04. The third-order valence-electron chi connectivity index (χ3n) is 3.14. The van der Waals surface area contributed by atoms with Crippen LogP contribution in [0.5, 0.6) is 0 Å². The predicted molar refractivity (Wildman–Crippen MR) is 58.3 cm³/mol. The van der Waals surface area contributed by atoms with Crippen molar-refractivity contribution < 1.29 is 4.79 Å². The van der Waals surface area contributed by atoms with Crippen LogP contribution in [0, 0.1) is 0 Å². The summed E-state index contributed by atoms with van der Waals surface area (Å²) in [4.78, 5) is 16.0. The highest BCUT2D eigenvalue weighted by molar-refractivity contribution is 5.90. The van der Waals surface area contributed by atoms with E-state index >= 15 is 0 Å². The van der Waals surface area contributed by atoms with Crippen LogP contribution in [-0.4, -0.2) is 16.3 Å². The molecule has 80 valence electrons. The Bertz CT molecular complexity index is 342. The minimum atomic E-state index is -0.560. The number of nitrogens with two attached hydrogens (primary N) is 1. The molecule has 2 rings (SSSR count). The van der Waals surface area contributed by atoms with Crippen molar-refractivity contribution in [2.75, 3.05) is 0 Å². The third-order valence-corrected chi connectivity index (χ3v) is 3.14. The molecule has 15 heavy (non-hydrogen) atoms. The van der Waals surface area contributed by atoms with Gasteiger partial charge in [0.25, 0.3) is 0 Å². The quantitative estimate of drug-likeness (QED) is 0.811. The second-order valence-electron chi connectivity index (χ2n) is 4.32. The lowest BCUT2D eigenvalue weighted by Crippen LogP contribution is -2.46. The minimum Gasteiger partial charge on any atom is -0.319 e. The van der Waals surface area contributed by atoms with Crippen LogP contribution in [0.4, 0.5) is 0 Å². The van der Waals surface area contributed by atoms with Gasteiger partial charge in [-0.25, -0.2) is 0 Å². The molecule has 1 aromatic heterocycles. The number of ketones is 1. The fraction of sp³-hybridized carbons (Fsp3) is 0.500. The van der Waals surface area contributed by atoms with Gasteiger partial charge in [0.2, 0.25) is 0 Å². The minimum absolute atomic E-state index is 0.160. The van der Waals surface area contributed by atoms with Crippen LogP contribution in [-0.2, 0) is 11.2 Å². The number of hydrogen-bond acceptors (Lipinski definition) is 3. The van der Waals surface area contributed by atoms with Gasteiger partial charge >= 0.3 is 0 Å². The molecule has 1 fully saturated rings. The zero-order chi connectivity index (χ0) is 10.7. The summed E-state index contributed by atoms with van der Waals surface area (Å²) in [5.41, 5.74) is 6.48. The summed E-state index contributed by atoms with van der Waals surface area (Å²) in [6.07, 6.45) is 7.70. The van der Waals surface area contributed by atoms with E-state index in [1.165, 1.54) is 0 Å². The number of Topliss-reactive ketones (excluding diaryl/α,β-unsaturated/α-hetero) is 1. The van der Waals surface area contributed by atoms with Crippen LogP contribution in [0.1, 0.15) is 31.2 Å². The van der Waals surface area contributed by atoms with Crippen molar-refractivity contribution >= 4 is 5.78 Å². The van der Waals surface area contributed by atoms with Crippen molar-refractivity contribution in [3.8, 4) is 0 Å². The molecule has 3 nitrogen and oxygen atoms in total. The molecule has 0 unspecified atom stereocenters. The standard InChI is InChI=1S/C12H16N2O/c13-12(5-1-2-6-12)11(15)8-10-4-3-7-14-9-10/h3-4,7,9H,1-2,5-6,8,13H2. The van der Waals surface area contributed by atoms with Gasteiger partial charge in [-0.3, -0.25) is 9.78 Å². The monoisotopic (exact) mass is 204 g/mol. The van der Waals surface area contributed by atoms with Crippen molar-refractivity contribution in [2.45, 2.75) is 37.6 Å². The molecular formula is C12H16N2O. The van der Waals surface area contributed by atoms with E-state index in [0.29, 0.717) is 6.42 Å². The number of pyridine rings is 1. The highest BCUT2D eigenvalue weighted by Gasteiger charge is 2.36. The first-order chi connectivity index (χ1) is 7.21. The number of rotatable bonds is 3. The van der Waals surface area contributed by atoms with Crippen LogP contribution in [0.25, 0.3) is 0 Å². The average molecular weight is 204 g/mol. The van der Waals surface area contributed by atoms with E-state index in [4.69, 9.17) is 5.73 Å². The van der Waals surface area contributed by atoms with E-state index in [1.807, 2.05) is 12.1 Å². The molecule has 1 aliphatic rings. The molecule has 2 N–H and O–H groups in total. The summed E-state index contributed by atoms with van der Waals surface area (Å²) in [6.45, 7) is 0. The summed E-state index contributed by atoms with van der Waals surface area (Å²) in [5, 5.41) is 0. The van der Waals surface area contributed by atoms with Crippen molar-refractivity contribution in [3.05, 3.63) is 30.1 Å². The van der Waals surface area contributed by atoms with E-state index in [0.717, 1.165) is 31.2 Å². The van der Waals surface area contributed by atoms with Crippen molar-refractivity contribution in [2.24, 2.45) is 5.73 Å². The molecule has 0 radical (unpaired) electrons. The Morgan fingerprint density at radius 2 is 2.20 bits per heavy atom. The summed E-state index contributed by atoms with van der Waals surface area (Å²) < 4.78 is 0. The van der Waals surface area contributed by atoms with Gasteiger partial charge in [0.15, 0.2) is 5.78 Å². The van der Waals surface area contributed by atoms with Gasteiger partial charge in [-0.05, 0) is 24.5 Å². The molecule has 1 aliphatic carbocycles. The van der Waals surface area contributed by atoms with Crippen LogP contribution in [0.2, 0.25) is 0 Å². The fourth-order valence-corrected chi connectivity index (χ4v) is 2.15. The Kier molecular flexibility index (Phi) is 2.82. The van der Waals surface area contributed by atoms with Gasteiger partial charge in [0.05, 0.1) is 5.54 Å². The molecule has 1 heterocycles. The normalized spacial score (nSPS) is 19.0. The van der Waals surface area contributed by atoms with Crippen LogP contribution < -0.4 is 5.73 Å². The molecule has 0 atom stereocenters. The zero-order valence-corrected chi connectivity index (χ0v) is 8.78. The highest BCUT2D eigenvalue weighted by atomic mass is 16.1. The van der Waals surface area contributed by atoms with Crippen LogP contribution in [0.3, 0.4) is 0 Å². The van der Waals surface area contributed by atoms with Gasteiger partial charge in [-0.2, -0.15) is 0 Å². The number of carbonyl (C=O) groups excluding carboxylic acids is 1. The summed E-state index contributed by atoms with van der Waals surface area (Å²) in [5.74, 6) is 0.160. The number of nitrogens with zero attached hydrogens (tertiary/aromatic N) is 1. The Morgan fingerprint density at radius 3 is 2.80 bits per heavy atom. The number of aromatic nitrogens is 1. The maximum atomic E-state index is 12.0. The van der Waals surface area contributed by atoms with E-state index in [-0.39, 0.29) is 5.78 Å². The van der Waals surface area contributed by atoms with Crippen molar-refractivity contribution in [3.63, 3.8) is 0 Å². The van der Waals surface area contributed by atoms with Crippen molar-refractivity contribution in [1.29, 1.82) is 0 Å². The zero-order valence-electron chi connectivity index (χ0n) is 8.78. The van der Waals surface area contributed by atoms with E-state index < -0.39 is 5.54 Å².